The summed E-state index contributed by atoms with van der Waals surface area (Å²) in [6.07, 6.45) is 2.79. The van der Waals surface area contributed by atoms with Gasteiger partial charge >= 0.3 is 0 Å². The molecule has 4 aromatic rings. The molecule has 0 atom stereocenters. The van der Waals surface area contributed by atoms with Gasteiger partial charge < -0.3 is 9.84 Å². The maximum atomic E-state index is 12.9. The molecule has 0 saturated heterocycles. The zero-order valence-electron chi connectivity index (χ0n) is 13.6. The second kappa shape index (κ2) is 6.74. The number of fused-ring (bicyclic) bond motifs is 1. The van der Waals surface area contributed by atoms with E-state index >= 15 is 0 Å². The predicted molar refractivity (Wildman–Crippen MR) is 105 cm³/mol. The lowest BCUT2D eigenvalue weighted by molar-refractivity contribution is 0.412. The van der Waals surface area contributed by atoms with E-state index in [2.05, 4.69) is 10.1 Å². The topological polar surface area (TPSA) is 76.7 Å². The maximum absolute atomic E-state index is 12.9. The molecular weight excluding hydrogens is 370 g/mol. The van der Waals surface area contributed by atoms with Gasteiger partial charge in [-0.1, -0.05) is 6.07 Å². The summed E-state index contributed by atoms with van der Waals surface area (Å²) in [5.41, 5.74) is 1.06. The van der Waals surface area contributed by atoms with Crippen molar-refractivity contribution >= 4 is 39.1 Å². The molecule has 0 fully saturated rings. The van der Waals surface area contributed by atoms with Gasteiger partial charge in [0.2, 0.25) is 0 Å². The van der Waals surface area contributed by atoms with Gasteiger partial charge in [0.1, 0.15) is 22.7 Å². The molecule has 0 unspecified atom stereocenters. The van der Waals surface area contributed by atoms with E-state index in [-0.39, 0.29) is 11.3 Å². The van der Waals surface area contributed by atoms with Gasteiger partial charge in [-0.05, 0) is 29.6 Å². The largest absolute Gasteiger partial charge is 0.507 e. The minimum Gasteiger partial charge on any atom is -0.507 e. The molecule has 0 saturated carbocycles. The summed E-state index contributed by atoms with van der Waals surface area (Å²) in [6.45, 7) is 0. The number of methoxy groups -OCH3 is 1. The number of aromatic hydroxyl groups is 1. The fourth-order valence-corrected chi connectivity index (χ4v) is 4.23. The number of thiophene rings is 2. The number of ether oxygens (including phenoxy) is 1. The molecule has 1 aromatic carbocycles. The Morgan fingerprint density at radius 2 is 2.19 bits per heavy atom. The Hall–Kier alpha value is -2.97. The Morgan fingerprint density at radius 1 is 1.31 bits per heavy atom. The van der Waals surface area contributed by atoms with Crippen molar-refractivity contribution in [2.24, 2.45) is 5.10 Å². The van der Waals surface area contributed by atoms with Gasteiger partial charge in [-0.25, -0.2) is 4.98 Å². The Bertz CT molecular complexity index is 1160. The first kappa shape index (κ1) is 16.5. The molecule has 0 radical (unpaired) electrons. The van der Waals surface area contributed by atoms with E-state index in [1.807, 2.05) is 22.9 Å². The van der Waals surface area contributed by atoms with Gasteiger partial charge in [-0.2, -0.15) is 9.78 Å². The van der Waals surface area contributed by atoms with Gasteiger partial charge in [0.25, 0.3) is 5.56 Å². The van der Waals surface area contributed by atoms with Crippen LogP contribution in [-0.4, -0.2) is 28.1 Å². The zero-order valence-corrected chi connectivity index (χ0v) is 15.3. The van der Waals surface area contributed by atoms with E-state index in [1.165, 1.54) is 34.6 Å². The van der Waals surface area contributed by atoms with Gasteiger partial charge in [-0.15, -0.1) is 22.7 Å². The van der Waals surface area contributed by atoms with Crippen LogP contribution in [0.15, 0.2) is 57.3 Å². The Balaban J connectivity index is 1.80. The van der Waals surface area contributed by atoms with Crippen molar-refractivity contribution in [3.05, 3.63) is 63.3 Å². The fraction of sp³-hybridized carbons (Fsp3) is 0.0556. The van der Waals surface area contributed by atoms with Crippen molar-refractivity contribution in [1.29, 1.82) is 0 Å². The minimum absolute atomic E-state index is 0.0476. The molecule has 0 aliphatic rings. The number of hydrogen-bond donors (Lipinski definition) is 1. The van der Waals surface area contributed by atoms with Crippen molar-refractivity contribution < 1.29 is 9.84 Å². The summed E-state index contributed by atoms with van der Waals surface area (Å²) >= 11 is 3.00. The van der Waals surface area contributed by atoms with Crippen LogP contribution < -0.4 is 10.3 Å². The normalized spacial score (nSPS) is 11.4. The van der Waals surface area contributed by atoms with Crippen molar-refractivity contribution in [3.63, 3.8) is 0 Å². The number of benzene rings is 1. The third-order valence-electron chi connectivity index (χ3n) is 3.82. The number of rotatable bonds is 4. The molecule has 0 bridgehead atoms. The first-order valence-corrected chi connectivity index (χ1v) is 9.37. The first-order chi connectivity index (χ1) is 12.7. The van der Waals surface area contributed by atoms with E-state index < -0.39 is 0 Å². The average molecular weight is 383 g/mol. The molecular formula is C18H13N3O3S2. The number of hydrogen-bond acceptors (Lipinski definition) is 7. The third-order valence-corrected chi connectivity index (χ3v) is 5.61. The van der Waals surface area contributed by atoms with Crippen LogP contribution in [0.25, 0.3) is 20.7 Å². The van der Waals surface area contributed by atoms with Crippen LogP contribution in [0.2, 0.25) is 0 Å². The van der Waals surface area contributed by atoms with Crippen molar-refractivity contribution in [1.82, 2.24) is 9.66 Å². The highest BCUT2D eigenvalue weighted by atomic mass is 32.1. The Morgan fingerprint density at radius 3 is 2.96 bits per heavy atom. The molecule has 0 aliphatic carbocycles. The summed E-state index contributed by atoms with van der Waals surface area (Å²) in [4.78, 5) is 18.9. The molecule has 6 nitrogen and oxygen atoms in total. The fourth-order valence-electron chi connectivity index (χ4n) is 2.51. The van der Waals surface area contributed by atoms with Gasteiger partial charge in [-0.3, -0.25) is 4.79 Å². The van der Waals surface area contributed by atoms with Crippen LogP contribution in [-0.2, 0) is 0 Å². The van der Waals surface area contributed by atoms with Crippen molar-refractivity contribution in [2.75, 3.05) is 7.11 Å². The molecule has 4 rings (SSSR count). The molecule has 8 heteroatoms. The van der Waals surface area contributed by atoms with Crippen molar-refractivity contribution in [2.45, 2.75) is 0 Å². The summed E-state index contributed by atoms with van der Waals surface area (Å²) in [5, 5.41) is 18.6. The molecule has 3 aromatic heterocycles. The highest BCUT2D eigenvalue weighted by molar-refractivity contribution is 7.18. The maximum Gasteiger partial charge on any atom is 0.283 e. The van der Waals surface area contributed by atoms with E-state index in [0.29, 0.717) is 21.5 Å². The van der Waals surface area contributed by atoms with Gasteiger partial charge in [0, 0.05) is 21.4 Å². The second-order valence-corrected chi connectivity index (χ2v) is 7.18. The first-order valence-electron chi connectivity index (χ1n) is 7.61. The molecule has 3 heterocycles. The number of nitrogens with zero attached hydrogens (tertiary/aromatic N) is 3. The van der Waals surface area contributed by atoms with E-state index in [0.717, 1.165) is 10.4 Å². The average Bonchev–Trinajstić information content (AvgIpc) is 3.32. The smallest absolute Gasteiger partial charge is 0.283 e. The third kappa shape index (κ3) is 2.89. The van der Waals surface area contributed by atoms with Crippen LogP contribution in [0, 0.1) is 0 Å². The summed E-state index contributed by atoms with van der Waals surface area (Å²) < 4.78 is 6.31. The van der Waals surface area contributed by atoms with Crippen LogP contribution in [0.1, 0.15) is 5.56 Å². The highest BCUT2D eigenvalue weighted by Crippen LogP contribution is 2.33. The minimum atomic E-state index is -0.252. The number of phenols is 1. The SMILES string of the molecule is COc1ccc(O)c(C=Nn2cnc3scc(-c4cccs4)c3c2=O)c1. The quantitative estimate of drug-likeness (QED) is 0.544. The van der Waals surface area contributed by atoms with E-state index in [4.69, 9.17) is 4.74 Å². The molecule has 130 valence electrons. The summed E-state index contributed by atoms with van der Waals surface area (Å²) in [5.74, 6) is 0.634. The molecule has 26 heavy (non-hydrogen) atoms. The van der Waals surface area contributed by atoms with Gasteiger partial charge in [0.05, 0.1) is 18.7 Å². The lowest BCUT2D eigenvalue weighted by Gasteiger charge is -2.03. The van der Waals surface area contributed by atoms with Crippen molar-refractivity contribution in [3.8, 4) is 21.9 Å². The predicted octanol–water partition coefficient (Wildman–Crippen LogP) is 3.78. The zero-order chi connectivity index (χ0) is 18.1. The van der Waals surface area contributed by atoms with Gasteiger partial charge in [0.15, 0.2) is 0 Å². The van der Waals surface area contributed by atoms with E-state index in [1.54, 1.807) is 30.6 Å². The lowest BCUT2D eigenvalue weighted by atomic mass is 10.2. The summed E-state index contributed by atoms with van der Waals surface area (Å²) in [7, 11) is 1.54. The standard InChI is InChI=1S/C18H13N3O3S2/c1-24-12-4-5-14(22)11(7-12)8-20-21-10-19-17-16(18(21)23)13(9-26-17)15-3-2-6-25-15/h2-10,22H,1H3. The van der Waals surface area contributed by atoms with Crippen LogP contribution >= 0.6 is 22.7 Å². The number of aromatic nitrogens is 2. The number of phenolic OH excluding ortho intramolecular Hbond substituents is 1. The molecule has 0 amide bonds. The molecule has 0 spiro atoms. The van der Waals surface area contributed by atoms with E-state index in [9.17, 15) is 9.90 Å². The molecule has 1 N–H and O–H groups in total. The van der Waals surface area contributed by atoms with Crippen LogP contribution in [0.5, 0.6) is 11.5 Å². The summed E-state index contributed by atoms with van der Waals surface area (Å²) in [6, 6.07) is 8.71. The Kier molecular flexibility index (Phi) is 4.27. The van der Waals surface area contributed by atoms with Crippen LogP contribution in [0.3, 0.4) is 0 Å². The second-order valence-electron chi connectivity index (χ2n) is 5.37. The lowest BCUT2D eigenvalue weighted by Crippen LogP contribution is -2.16. The molecule has 0 aliphatic heterocycles. The monoisotopic (exact) mass is 383 g/mol. The van der Waals surface area contributed by atoms with Crippen LogP contribution in [0.4, 0.5) is 0 Å². The Labute approximate surface area is 156 Å². The highest BCUT2D eigenvalue weighted by Gasteiger charge is 2.13.